The van der Waals surface area contributed by atoms with Gasteiger partial charge in [-0.25, -0.2) is 4.79 Å². The molecule has 168 valence electrons. The first-order valence-corrected chi connectivity index (χ1v) is 10.5. The summed E-state index contributed by atoms with van der Waals surface area (Å²) < 4.78 is 27.8. The van der Waals surface area contributed by atoms with E-state index in [0.29, 0.717) is 54.5 Å². The van der Waals surface area contributed by atoms with Crippen molar-refractivity contribution in [3.05, 3.63) is 88.2 Å². The van der Waals surface area contributed by atoms with Crippen LogP contribution < -0.4 is 14.9 Å². The van der Waals surface area contributed by atoms with Crippen molar-refractivity contribution in [3.8, 4) is 17.2 Å². The summed E-state index contributed by atoms with van der Waals surface area (Å²) in [4.78, 5) is 26.9. The van der Waals surface area contributed by atoms with Gasteiger partial charge < -0.3 is 23.0 Å². The largest absolute Gasteiger partial charge is 0.478 e. The number of benzene rings is 2. The van der Waals surface area contributed by atoms with Gasteiger partial charge in [-0.15, -0.1) is 0 Å². The van der Waals surface area contributed by atoms with Crippen LogP contribution >= 0.6 is 0 Å². The van der Waals surface area contributed by atoms with E-state index in [9.17, 15) is 9.59 Å². The molecule has 2 aromatic heterocycles. The summed E-state index contributed by atoms with van der Waals surface area (Å²) in [5.41, 5.74) is 1.37. The van der Waals surface area contributed by atoms with Crippen LogP contribution in [0.1, 0.15) is 28.6 Å². The minimum Gasteiger partial charge on any atom is -0.478 e. The number of ether oxygens (including phenoxy) is 3. The zero-order valence-electron chi connectivity index (χ0n) is 17.9. The van der Waals surface area contributed by atoms with Gasteiger partial charge in [0, 0.05) is 6.54 Å². The highest BCUT2D eigenvalue weighted by Crippen LogP contribution is 2.33. The van der Waals surface area contributed by atoms with E-state index >= 15 is 0 Å². The molecular formula is C25H21NO7. The minimum atomic E-state index is -0.414. The van der Waals surface area contributed by atoms with Gasteiger partial charge in [0.25, 0.3) is 0 Å². The number of furan rings is 1. The van der Waals surface area contributed by atoms with Crippen LogP contribution in [0.5, 0.6) is 17.2 Å². The Morgan fingerprint density at radius 2 is 1.94 bits per heavy atom. The molecule has 5 rings (SSSR count). The molecule has 0 atom stereocenters. The average Bonchev–Trinajstić information content (AvgIpc) is 3.34. The lowest BCUT2D eigenvalue weighted by atomic mass is 10.1. The van der Waals surface area contributed by atoms with Gasteiger partial charge in [-0.05, 0) is 55.5 Å². The summed E-state index contributed by atoms with van der Waals surface area (Å²) in [5, 5.41) is 0.401. The van der Waals surface area contributed by atoms with Gasteiger partial charge in [-0.2, -0.15) is 0 Å². The van der Waals surface area contributed by atoms with Crippen molar-refractivity contribution in [1.82, 2.24) is 4.90 Å². The third kappa shape index (κ3) is 4.20. The predicted molar refractivity (Wildman–Crippen MR) is 118 cm³/mol. The van der Waals surface area contributed by atoms with Gasteiger partial charge in [0.1, 0.15) is 35.8 Å². The highest BCUT2D eigenvalue weighted by Gasteiger charge is 2.23. The van der Waals surface area contributed by atoms with Crippen LogP contribution in [-0.4, -0.2) is 24.2 Å². The van der Waals surface area contributed by atoms with Crippen molar-refractivity contribution >= 4 is 16.9 Å². The molecule has 1 aliphatic heterocycles. The van der Waals surface area contributed by atoms with Gasteiger partial charge in [0.2, 0.25) is 11.2 Å². The Hall–Kier alpha value is -4.04. The minimum absolute atomic E-state index is 0.0514. The Labute approximate surface area is 188 Å². The molecule has 0 aliphatic carbocycles. The molecule has 4 aromatic rings. The normalized spacial score (nSPS) is 13.4. The number of rotatable bonds is 6. The van der Waals surface area contributed by atoms with Crippen molar-refractivity contribution in [1.29, 1.82) is 0 Å². The number of fused-ring (bicyclic) bond motifs is 3. The predicted octanol–water partition coefficient (Wildman–Crippen LogP) is 4.71. The highest BCUT2D eigenvalue weighted by molar-refractivity contribution is 5.89. The second-order valence-electron chi connectivity index (χ2n) is 7.53. The molecule has 0 radical (unpaired) electrons. The second-order valence-corrected chi connectivity index (χ2v) is 7.53. The van der Waals surface area contributed by atoms with E-state index in [1.165, 1.54) is 6.26 Å². The standard InChI is InChI=1S/C25H21NO7/c1-2-29-25(28)16-5-7-17(8-6-16)33-22-14-31-24-19(23(22)27)9-10-21-20(24)13-26(15-32-21)12-18-4-3-11-30-18/h3-11,14H,2,12-13,15H2,1H3. The molecule has 0 bridgehead atoms. The molecule has 0 N–H and O–H groups in total. The van der Waals surface area contributed by atoms with E-state index in [1.807, 2.05) is 12.1 Å². The van der Waals surface area contributed by atoms with Crippen molar-refractivity contribution in [2.45, 2.75) is 20.0 Å². The summed E-state index contributed by atoms with van der Waals surface area (Å²) in [5.74, 6) is 1.55. The molecule has 0 saturated heterocycles. The Bertz CT molecular complexity index is 1340. The van der Waals surface area contributed by atoms with Crippen molar-refractivity contribution < 1.29 is 27.8 Å². The van der Waals surface area contributed by atoms with E-state index in [-0.39, 0.29) is 11.2 Å². The lowest BCUT2D eigenvalue weighted by Crippen LogP contribution is -2.31. The highest BCUT2D eigenvalue weighted by atomic mass is 16.5. The fraction of sp³-hybridized carbons (Fsp3) is 0.200. The molecule has 0 spiro atoms. The first-order chi connectivity index (χ1) is 16.1. The van der Waals surface area contributed by atoms with E-state index in [2.05, 4.69) is 4.90 Å². The Balaban J connectivity index is 1.40. The lowest BCUT2D eigenvalue weighted by Gasteiger charge is -2.28. The van der Waals surface area contributed by atoms with E-state index in [1.54, 1.807) is 49.6 Å². The van der Waals surface area contributed by atoms with Gasteiger partial charge in [-0.1, -0.05) is 0 Å². The van der Waals surface area contributed by atoms with Crippen LogP contribution in [-0.2, 0) is 17.8 Å². The van der Waals surface area contributed by atoms with Crippen LogP contribution in [0.2, 0.25) is 0 Å². The van der Waals surface area contributed by atoms with Gasteiger partial charge in [0.05, 0.1) is 35.9 Å². The average molecular weight is 447 g/mol. The summed E-state index contributed by atoms with van der Waals surface area (Å²) in [6, 6.07) is 13.6. The van der Waals surface area contributed by atoms with Crippen molar-refractivity contribution in [2.75, 3.05) is 13.3 Å². The number of carbonyl (C=O) groups excluding carboxylic acids is 1. The maximum atomic E-state index is 13.1. The topological polar surface area (TPSA) is 91.4 Å². The monoisotopic (exact) mass is 447 g/mol. The molecule has 0 saturated carbocycles. The fourth-order valence-electron chi connectivity index (χ4n) is 3.73. The lowest BCUT2D eigenvalue weighted by molar-refractivity contribution is 0.0526. The van der Waals surface area contributed by atoms with Crippen LogP contribution in [0.4, 0.5) is 0 Å². The van der Waals surface area contributed by atoms with Crippen LogP contribution in [0.15, 0.2) is 74.7 Å². The number of nitrogens with zero attached hydrogens (tertiary/aromatic N) is 1. The second kappa shape index (κ2) is 8.84. The van der Waals surface area contributed by atoms with Crippen LogP contribution in [0.3, 0.4) is 0 Å². The molecule has 1 aliphatic rings. The van der Waals surface area contributed by atoms with Crippen molar-refractivity contribution in [2.24, 2.45) is 0 Å². The van der Waals surface area contributed by atoms with Gasteiger partial charge in [-0.3, -0.25) is 9.69 Å². The molecule has 0 amide bonds. The number of hydrogen-bond acceptors (Lipinski definition) is 8. The fourth-order valence-corrected chi connectivity index (χ4v) is 3.73. The third-order valence-electron chi connectivity index (χ3n) is 5.31. The van der Waals surface area contributed by atoms with E-state index < -0.39 is 5.97 Å². The Kier molecular flexibility index (Phi) is 5.58. The third-order valence-corrected chi connectivity index (χ3v) is 5.31. The molecule has 8 nitrogen and oxygen atoms in total. The SMILES string of the molecule is CCOC(=O)c1ccc(Oc2coc3c4c(ccc3c2=O)OCN(Cc2ccco2)C4)cc1. The Morgan fingerprint density at radius 1 is 1.09 bits per heavy atom. The molecule has 3 heterocycles. The number of esters is 1. The molecule has 0 unspecified atom stereocenters. The molecule has 2 aromatic carbocycles. The first-order valence-electron chi connectivity index (χ1n) is 10.5. The zero-order chi connectivity index (χ0) is 22.8. The molecule has 0 fully saturated rings. The molecular weight excluding hydrogens is 426 g/mol. The van der Waals surface area contributed by atoms with Crippen molar-refractivity contribution in [3.63, 3.8) is 0 Å². The van der Waals surface area contributed by atoms with E-state index in [0.717, 1.165) is 11.3 Å². The number of carbonyl (C=O) groups is 1. The molecule has 33 heavy (non-hydrogen) atoms. The van der Waals surface area contributed by atoms with Crippen LogP contribution in [0.25, 0.3) is 11.0 Å². The summed E-state index contributed by atoms with van der Waals surface area (Å²) in [6.07, 6.45) is 2.93. The van der Waals surface area contributed by atoms with E-state index in [4.69, 9.17) is 23.0 Å². The smallest absolute Gasteiger partial charge is 0.338 e. The van der Waals surface area contributed by atoms with Gasteiger partial charge in [0.15, 0.2) is 0 Å². The van der Waals surface area contributed by atoms with Crippen LogP contribution in [0, 0.1) is 0 Å². The summed E-state index contributed by atoms with van der Waals surface area (Å²) in [7, 11) is 0. The number of hydrogen-bond donors (Lipinski definition) is 0. The first kappa shape index (κ1) is 20.8. The summed E-state index contributed by atoms with van der Waals surface area (Å²) >= 11 is 0. The maximum Gasteiger partial charge on any atom is 0.338 e. The van der Waals surface area contributed by atoms with Gasteiger partial charge >= 0.3 is 5.97 Å². The zero-order valence-corrected chi connectivity index (χ0v) is 17.9. The quantitative estimate of drug-likeness (QED) is 0.393. The summed E-state index contributed by atoms with van der Waals surface area (Å²) in [6.45, 7) is 3.58. The maximum absolute atomic E-state index is 13.1. The Morgan fingerprint density at radius 3 is 2.70 bits per heavy atom. The molecule has 8 heteroatoms.